The van der Waals surface area contributed by atoms with Gasteiger partial charge in [0.1, 0.15) is 11.8 Å². The predicted molar refractivity (Wildman–Crippen MR) is 74.9 cm³/mol. The minimum atomic E-state index is 0.598. The van der Waals surface area contributed by atoms with Gasteiger partial charge in [-0.1, -0.05) is 0 Å². The van der Waals surface area contributed by atoms with Crippen LogP contribution in [0.1, 0.15) is 11.4 Å². The summed E-state index contributed by atoms with van der Waals surface area (Å²) in [5.74, 6) is 0. The molecular formula is C15H12N4. The molecule has 2 aromatic heterocycles. The lowest BCUT2D eigenvalue weighted by Gasteiger charge is -2.11. The molecule has 1 aromatic carbocycles. The van der Waals surface area contributed by atoms with Gasteiger partial charge in [-0.05, 0) is 37.3 Å². The highest BCUT2D eigenvalue weighted by atomic mass is 15.0. The number of rotatable bonds is 1. The number of benzene rings is 1. The minimum absolute atomic E-state index is 0.598. The Morgan fingerprint density at radius 1 is 1.26 bits per heavy atom. The number of hydrogen-bond donors (Lipinski definition) is 1. The van der Waals surface area contributed by atoms with Gasteiger partial charge in [0.2, 0.25) is 0 Å². The van der Waals surface area contributed by atoms with E-state index in [0.717, 1.165) is 22.2 Å². The first-order valence-electron chi connectivity index (χ1n) is 5.93. The van der Waals surface area contributed by atoms with Crippen LogP contribution >= 0.6 is 0 Å². The molecule has 4 heteroatoms. The van der Waals surface area contributed by atoms with Crippen molar-refractivity contribution in [2.45, 2.75) is 6.92 Å². The van der Waals surface area contributed by atoms with Crippen LogP contribution in [-0.4, -0.2) is 9.55 Å². The molecule has 0 unspecified atom stereocenters. The lowest BCUT2D eigenvalue weighted by Crippen LogP contribution is -1.99. The Hall–Kier alpha value is -2.80. The van der Waals surface area contributed by atoms with Crippen LogP contribution in [0.4, 0.5) is 5.69 Å². The highest BCUT2D eigenvalue weighted by molar-refractivity contribution is 5.98. The van der Waals surface area contributed by atoms with Gasteiger partial charge in [0.15, 0.2) is 0 Å². The molecule has 4 nitrogen and oxygen atoms in total. The van der Waals surface area contributed by atoms with Crippen molar-refractivity contribution >= 4 is 16.5 Å². The van der Waals surface area contributed by atoms with Crippen LogP contribution in [0, 0.1) is 18.3 Å². The maximum absolute atomic E-state index is 9.14. The van der Waals surface area contributed by atoms with Crippen molar-refractivity contribution in [3.8, 4) is 11.8 Å². The van der Waals surface area contributed by atoms with Crippen LogP contribution in [0.15, 0.2) is 42.7 Å². The molecule has 0 bridgehead atoms. The first-order valence-corrected chi connectivity index (χ1v) is 5.93. The van der Waals surface area contributed by atoms with Crippen LogP contribution in [-0.2, 0) is 0 Å². The lowest BCUT2D eigenvalue weighted by atomic mass is 10.1. The maximum Gasteiger partial charge on any atom is 0.124 e. The summed E-state index contributed by atoms with van der Waals surface area (Å²) in [4.78, 5) is 4.28. The Morgan fingerprint density at radius 2 is 2.11 bits per heavy atom. The molecule has 2 N–H and O–H groups in total. The number of aromatic nitrogens is 2. The fourth-order valence-corrected chi connectivity index (χ4v) is 2.24. The average molecular weight is 248 g/mol. The second kappa shape index (κ2) is 4.14. The van der Waals surface area contributed by atoms with E-state index in [1.165, 1.54) is 0 Å². The number of nitriles is 1. The SMILES string of the molecule is Cc1cc2c(-n3cccc3C#N)ccc(N)c2cn1. The number of aryl methyl sites for hydroxylation is 1. The van der Waals surface area contributed by atoms with Gasteiger partial charge in [0.25, 0.3) is 0 Å². The molecule has 0 aliphatic carbocycles. The largest absolute Gasteiger partial charge is 0.398 e. The summed E-state index contributed by atoms with van der Waals surface area (Å²) in [5.41, 5.74) is 9.14. The zero-order valence-corrected chi connectivity index (χ0v) is 10.5. The molecule has 0 atom stereocenters. The highest BCUT2D eigenvalue weighted by Gasteiger charge is 2.09. The lowest BCUT2D eigenvalue weighted by molar-refractivity contribution is 1.06. The molecule has 0 aliphatic rings. The van der Waals surface area contributed by atoms with E-state index < -0.39 is 0 Å². The molecule has 0 amide bonds. The standard InChI is InChI=1S/C15H12N4/c1-10-7-12-13(9-18-10)14(17)4-5-15(12)19-6-2-3-11(19)8-16/h2-7,9H,17H2,1H3. The van der Waals surface area contributed by atoms with Crippen molar-refractivity contribution < 1.29 is 0 Å². The Morgan fingerprint density at radius 3 is 2.89 bits per heavy atom. The molecule has 0 saturated carbocycles. The van der Waals surface area contributed by atoms with E-state index in [1.54, 1.807) is 12.3 Å². The van der Waals surface area contributed by atoms with Crippen LogP contribution in [0.25, 0.3) is 16.5 Å². The Bertz CT molecular complexity index is 809. The molecule has 0 spiro atoms. The van der Waals surface area contributed by atoms with E-state index >= 15 is 0 Å². The predicted octanol–water partition coefficient (Wildman–Crippen LogP) is 2.79. The molecule has 0 saturated heterocycles. The fourth-order valence-electron chi connectivity index (χ4n) is 2.24. The third-order valence-corrected chi connectivity index (χ3v) is 3.17. The van der Waals surface area contributed by atoms with Gasteiger partial charge in [0.05, 0.1) is 5.69 Å². The molecule has 92 valence electrons. The summed E-state index contributed by atoms with van der Waals surface area (Å²) in [7, 11) is 0. The molecule has 19 heavy (non-hydrogen) atoms. The number of anilines is 1. The van der Waals surface area contributed by atoms with Gasteiger partial charge >= 0.3 is 0 Å². The van der Waals surface area contributed by atoms with Crippen LogP contribution in [0.3, 0.4) is 0 Å². The van der Waals surface area contributed by atoms with Gasteiger partial charge in [0, 0.05) is 34.5 Å². The van der Waals surface area contributed by atoms with Crippen LogP contribution in [0.2, 0.25) is 0 Å². The second-order valence-electron chi connectivity index (χ2n) is 4.42. The van der Waals surface area contributed by atoms with E-state index in [1.807, 2.05) is 42.0 Å². The summed E-state index contributed by atoms with van der Waals surface area (Å²) < 4.78 is 1.86. The monoisotopic (exact) mass is 248 g/mol. The molecular weight excluding hydrogens is 236 g/mol. The van der Waals surface area contributed by atoms with Crippen LogP contribution in [0.5, 0.6) is 0 Å². The molecule has 0 radical (unpaired) electrons. The quantitative estimate of drug-likeness (QED) is 0.673. The van der Waals surface area contributed by atoms with Gasteiger partial charge in [-0.3, -0.25) is 4.98 Å². The highest BCUT2D eigenvalue weighted by Crippen LogP contribution is 2.28. The van der Waals surface area contributed by atoms with Crippen molar-refractivity contribution in [3.63, 3.8) is 0 Å². The number of hydrogen-bond acceptors (Lipinski definition) is 3. The Kier molecular flexibility index (Phi) is 2.46. The topological polar surface area (TPSA) is 67.6 Å². The van der Waals surface area contributed by atoms with Crippen LogP contribution < -0.4 is 5.73 Å². The first-order chi connectivity index (χ1) is 9.20. The summed E-state index contributed by atoms with van der Waals surface area (Å²) in [5, 5.41) is 11.0. The van der Waals surface area contributed by atoms with E-state index in [2.05, 4.69) is 11.1 Å². The smallest absolute Gasteiger partial charge is 0.124 e. The molecule has 2 heterocycles. The molecule has 0 aliphatic heterocycles. The summed E-state index contributed by atoms with van der Waals surface area (Å²) >= 11 is 0. The average Bonchev–Trinajstić information content (AvgIpc) is 2.87. The van der Waals surface area contributed by atoms with Gasteiger partial charge in [-0.15, -0.1) is 0 Å². The van der Waals surface area contributed by atoms with Crippen molar-refractivity contribution in [2.24, 2.45) is 0 Å². The van der Waals surface area contributed by atoms with Crippen molar-refractivity contribution in [2.75, 3.05) is 5.73 Å². The third-order valence-electron chi connectivity index (χ3n) is 3.17. The normalized spacial score (nSPS) is 10.5. The fraction of sp³-hybridized carbons (Fsp3) is 0.0667. The van der Waals surface area contributed by atoms with Crippen molar-refractivity contribution in [3.05, 3.63) is 54.1 Å². The number of nitrogen functional groups attached to an aromatic ring is 1. The van der Waals surface area contributed by atoms with E-state index in [9.17, 15) is 0 Å². The number of nitrogens with zero attached hydrogens (tertiary/aromatic N) is 3. The molecule has 3 aromatic rings. The maximum atomic E-state index is 9.14. The van der Waals surface area contributed by atoms with Gasteiger partial charge < -0.3 is 10.3 Å². The summed E-state index contributed by atoms with van der Waals surface area (Å²) in [6, 6.07) is 11.6. The summed E-state index contributed by atoms with van der Waals surface area (Å²) in [6.07, 6.45) is 3.65. The van der Waals surface area contributed by atoms with E-state index in [-0.39, 0.29) is 0 Å². The van der Waals surface area contributed by atoms with E-state index in [4.69, 9.17) is 11.0 Å². The zero-order chi connectivity index (χ0) is 13.4. The minimum Gasteiger partial charge on any atom is -0.398 e. The Labute approximate surface area is 110 Å². The molecule has 0 fully saturated rings. The van der Waals surface area contributed by atoms with Gasteiger partial charge in [-0.2, -0.15) is 5.26 Å². The zero-order valence-electron chi connectivity index (χ0n) is 10.5. The second-order valence-corrected chi connectivity index (χ2v) is 4.42. The third kappa shape index (κ3) is 1.72. The molecule has 3 rings (SSSR count). The number of fused-ring (bicyclic) bond motifs is 1. The first kappa shape index (κ1) is 11.3. The number of nitrogens with two attached hydrogens (primary N) is 1. The number of pyridine rings is 1. The Balaban J connectivity index is 2.40. The van der Waals surface area contributed by atoms with Crippen molar-refractivity contribution in [1.29, 1.82) is 5.26 Å². The van der Waals surface area contributed by atoms with E-state index in [0.29, 0.717) is 11.4 Å². The van der Waals surface area contributed by atoms with Gasteiger partial charge in [-0.25, -0.2) is 0 Å². The van der Waals surface area contributed by atoms with Crippen molar-refractivity contribution in [1.82, 2.24) is 9.55 Å². The summed E-state index contributed by atoms with van der Waals surface area (Å²) in [6.45, 7) is 1.94.